The maximum Gasteiger partial charge on any atom is 0.247 e. The van der Waals surface area contributed by atoms with Crippen LogP contribution in [0.15, 0.2) is 60.7 Å². The van der Waals surface area contributed by atoms with Gasteiger partial charge >= 0.3 is 0 Å². The number of benzene rings is 5. The summed E-state index contributed by atoms with van der Waals surface area (Å²) < 4.78 is 0. The summed E-state index contributed by atoms with van der Waals surface area (Å²) in [4.78, 5) is 2.84. The van der Waals surface area contributed by atoms with Crippen molar-refractivity contribution in [3.63, 3.8) is 0 Å². The molecule has 0 N–H and O–H groups in total. The Labute approximate surface area is 331 Å². The average molecular weight is 718 g/mol. The van der Waals surface area contributed by atoms with Crippen molar-refractivity contribution in [3.8, 4) is 0 Å². The molecule has 0 aromatic heterocycles. The number of nitrogens with zero attached hydrogens (tertiary/aromatic N) is 1. The highest BCUT2D eigenvalue weighted by Gasteiger charge is 2.48. The quantitative estimate of drug-likeness (QED) is 0.161. The molecule has 8 aliphatic rings. The fraction of sp³-hybridized carbons (Fsp3) is 0.423. The van der Waals surface area contributed by atoms with Crippen molar-refractivity contribution in [1.82, 2.24) is 0 Å². The van der Waals surface area contributed by atoms with Gasteiger partial charge < -0.3 is 4.90 Å². The van der Waals surface area contributed by atoms with Gasteiger partial charge in [0.2, 0.25) is 13.4 Å². The van der Waals surface area contributed by atoms with E-state index in [1.807, 2.05) is 0 Å². The van der Waals surface area contributed by atoms with E-state index in [9.17, 15) is 0 Å². The van der Waals surface area contributed by atoms with Gasteiger partial charge in [0.05, 0.1) is 0 Å². The first-order valence-corrected chi connectivity index (χ1v) is 21.8. The zero-order valence-corrected chi connectivity index (χ0v) is 34.8. The van der Waals surface area contributed by atoms with Crippen LogP contribution in [0.3, 0.4) is 0 Å². The molecule has 6 aliphatic carbocycles. The fourth-order valence-electron chi connectivity index (χ4n) is 13.4. The highest BCUT2D eigenvalue weighted by atomic mass is 15.2. The lowest BCUT2D eigenvalue weighted by molar-refractivity contribution is 0.359. The minimum atomic E-state index is 0.00471. The van der Waals surface area contributed by atoms with Gasteiger partial charge in [-0.3, -0.25) is 0 Å². The first-order chi connectivity index (χ1) is 26.4. The molecular formula is C52H57B2N. The molecule has 3 heteroatoms. The summed E-state index contributed by atoms with van der Waals surface area (Å²) in [5, 5.41) is 0. The van der Waals surface area contributed by atoms with Crippen LogP contribution in [-0.4, -0.2) is 13.4 Å². The molecule has 5 aromatic carbocycles. The average Bonchev–Trinajstić information content (AvgIpc) is 3.15. The van der Waals surface area contributed by atoms with Crippen molar-refractivity contribution in [2.75, 3.05) is 4.90 Å². The summed E-state index contributed by atoms with van der Waals surface area (Å²) in [7, 11) is 0. The van der Waals surface area contributed by atoms with E-state index in [1.54, 1.807) is 22.3 Å². The van der Waals surface area contributed by atoms with Crippen molar-refractivity contribution in [1.29, 1.82) is 0 Å². The minimum Gasteiger partial charge on any atom is -0.313 e. The van der Waals surface area contributed by atoms with E-state index in [2.05, 4.69) is 128 Å². The predicted molar refractivity (Wildman–Crippen MR) is 238 cm³/mol. The Kier molecular flexibility index (Phi) is 7.35. The van der Waals surface area contributed by atoms with E-state index in [4.69, 9.17) is 0 Å². The fourth-order valence-corrected chi connectivity index (χ4v) is 13.4. The molecule has 0 unspecified atom stereocenters. The molecule has 0 saturated heterocycles. The van der Waals surface area contributed by atoms with E-state index >= 15 is 0 Å². The van der Waals surface area contributed by atoms with Gasteiger partial charge in [0, 0.05) is 17.1 Å². The Bertz CT molecular complexity index is 2270. The smallest absolute Gasteiger partial charge is 0.247 e. The van der Waals surface area contributed by atoms with Crippen molar-refractivity contribution < 1.29 is 0 Å². The summed E-state index contributed by atoms with van der Waals surface area (Å²) in [6.45, 7) is 21.8. The molecule has 13 rings (SSSR count). The summed E-state index contributed by atoms with van der Waals surface area (Å²) >= 11 is 0. The lowest BCUT2D eigenvalue weighted by Crippen LogP contribution is -2.66. The molecule has 4 bridgehead atoms. The minimum absolute atomic E-state index is 0.00471. The topological polar surface area (TPSA) is 3.24 Å². The first-order valence-electron chi connectivity index (χ1n) is 21.8. The van der Waals surface area contributed by atoms with Crippen molar-refractivity contribution >= 4 is 63.3 Å². The Balaban J connectivity index is 1.31. The van der Waals surface area contributed by atoms with Crippen LogP contribution in [0.5, 0.6) is 0 Å². The molecule has 0 amide bonds. The lowest BCUT2D eigenvalue weighted by atomic mass is 9.29. The summed E-state index contributed by atoms with van der Waals surface area (Å²) in [5.41, 5.74) is 30.2. The molecular weight excluding hydrogens is 660 g/mol. The number of rotatable bonds is 2. The molecule has 0 atom stereocenters. The Morgan fingerprint density at radius 3 is 1.09 bits per heavy atom. The summed E-state index contributed by atoms with van der Waals surface area (Å²) in [5.74, 6) is 2.81. The highest BCUT2D eigenvalue weighted by molar-refractivity contribution is 7.02. The van der Waals surface area contributed by atoms with Crippen LogP contribution < -0.4 is 37.7 Å². The predicted octanol–water partition coefficient (Wildman–Crippen LogP) is 9.47. The van der Waals surface area contributed by atoms with Gasteiger partial charge in [0.1, 0.15) is 0 Å². The van der Waals surface area contributed by atoms with Gasteiger partial charge in [0.15, 0.2) is 0 Å². The van der Waals surface area contributed by atoms with Gasteiger partial charge in [-0.25, -0.2) is 0 Å². The third-order valence-corrected chi connectivity index (χ3v) is 15.7. The van der Waals surface area contributed by atoms with Gasteiger partial charge in [-0.05, 0) is 184 Å². The molecule has 2 saturated carbocycles. The van der Waals surface area contributed by atoms with Crippen LogP contribution in [0.25, 0.3) is 0 Å². The van der Waals surface area contributed by atoms with E-state index in [0.29, 0.717) is 23.7 Å². The second kappa shape index (κ2) is 11.8. The molecule has 276 valence electrons. The van der Waals surface area contributed by atoms with E-state index in [1.165, 1.54) is 140 Å². The van der Waals surface area contributed by atoms with Gasteiger partial charge in [-0.15, -0.1) is 0 Å². The molecule has 0 spiro atoms. The maximum absolute atomic E-state index is 2.84. The van der Waals surface area contributed by atoms with E-state index in [-0.39, 0.29) is 18.8 Å². The van der Waals surface area contributed by atoms with Crippen LogP contribution in [0.2, 0.25) is 0 Å². The molecule has 2 heterocycles. The molecule has 5 aromatic rings. The molecule has 1 nitrogen and oxygen atoms in total. The second-order valence-corrected chi connectivity index (χ2v) is 20.3. The lowest BCUT2D eigenvalue weighted by Gasteiger charge is -2.48. The molecule has 55 heavy (non-hydrogen) atoms. The molecule has 2 aliphatic heterocycles. The number of anilines is 3. The zero-order chi connectivity index (χ0) is 37.8. The normalized spacial score (nSPS) is 22.7. The third-order valence-electron chi connectivity index (χ3n) is 15.7. The van der Waals surface area contributed by atoms with Gasteiger partial charge in [-0.1, -0.05) is 114 Å². The van der Waals surface area contributed by atoms with Crippen molar-refractivity contribution in [2.24, 2.45) is 0 Å². The Hall–Kier alpha value is -3.97. The van der Waals surface area contributed by atoms with Crippen LogP contribution in [0.4, 0.5) is 17.1 Å². The number of hydrogen-bond acceptors (Lipinski definition) is 1. The largest absolute Gasteiger partial charge is 0.313 e. The highest BCUT2D eigenvalue weighted by Crippen LogP contribution is 2.53. The van der Waals surface area contributed by atoms with E-state index in [0.717, 1.165) is 0 Å². The first kappa shape index (κ1) is 34.3. The van der Waals surface area contributed by atoms with Crippen LogP contribution in [0.1, 0.15) is 157 Å². The van der Waals surface area contributed by atoms with Crippen LogP contribution in [0, 0.1) is 41.5 Å². The SMILES string of the molecule is Cc1cc(C)c(B2c3cc4c(cc3N3c5cc6c(cc5B(c5c(C)cc(C)cc5C)c5cc(C(C)(C)C)cc2c53)C2CCC6CC2)C2CCC4CC2)c(C)c1. The summed E-state index contributed by atoms with van der Waals surface area (Å²) in [6.07, 6.45) is 10.9. The number of fused-ring (bicyclic) bond motifs is 8. The summed E-state index contributed by atoms with van der Waals surface area (Å²) in [6, 6.07) is 26.2. The zero-order valence-electron chi connectivity index (χ0n) is 34.8. The van der Waals surface area contributed by atoms with Crippen molar-refractivity contribution in [2.45, 2.75) is 143 Å². The monoisotopic (exact) mass is 717 g/mol. The third kappa shape index (κ3) is 4.86. The van der Waals surface area contributed by atoms with Crippen LogP contribution in [-0.2, 0) is 5.41 Å². The number of aryl methyl sites for hydroxylation is 6. The Morgan fingerprint density at radius 1 is 0.436 bits per heavy atom. The van der Waals surface area contributed by atoms with Gasteiger partial charge in [-0.2, -0.15) is 0 Å². The Morgan fingerprint density at radius 2 is 0.764 bits per heavy atom. The number of hydrogen-bond donors (Lipinski definition) is 0. The van der Waals surface area contributed by atoms with Gasteiger partial charge in [0.25, 0.3) is 0 Å². The molecule has 2 fully saturated rings. The van der Waals surface area contributed by atoms with E-state index < -0.39 is 0 Å². The standard InChI is InChI=1S/C52H57B2N/c1-28-18-30(3)49(31(4)19-28)53-43-24-39-34-10-14-36(15-11-34)41(39)26-47(43)55-48-27-42-37-16-12-35(13-17-37)40(42)25-44(48)54(50-32(5)20-29(2)21-33(50)6)46-23-38(52(7,8)9)22-45(53)51(46)55/h18-27,34-37H,10-17H2,1-9H3. The maximum atomic E-state index is 2.84. The molecule has 0 radical (unpaired) electrons. The van der Waals surface area contributed by atoms with Crippen molar-refractivity contribution in [3.05, 3.63) is 122 Å². The van der Waals surface area contributed by atoms with Crippen LogP contribution >= 0.6 is 0 Å². The second-order valence-electron chi connectivity index (χ2n) is 20.3.